The molecule has 0 saturated heterocycles. The zero-order chi connectivity index (χ0) is 15.4. The Morgan fingerprint density at radius 1 is 0.952 bits per heavy atom. The normalized spacial score (nSPS) is 12.0. The molecule has 21 heavy (non-hydrogen) atoms. The van der Waals surface area contributed by atoms with Gasteiger partial charge in [-0.1, -0.05) is 6.07 Å². The number of nitrogens with one attached hydrogen (secondary N) is 2. The summed E-state index contributed by atoms with van der Waals surface area (Å²) in [5.74, 6) is 0. The van der Waals surface area contributed by atoms with Crippen molar-refractivity contribution in [2.45, 2.75) is 4.90 Å². The van der Waals surface area contributed by atoms with E-state index in [1.54, 1.807) is 0 Å². The van der Waals surface area contributed by atoms with E-state index in [1.165, 1.54) is 24.3 Å². The van der Waals surface area contributed by atoms with Gasteiger partial charge in [0.15, 0.2) is 0 Å². The fourth-order valence-electron chi connectivity index (χ4n) is 2.19. The lowest BCUT2D eigenvalue weighted by Gasteiger charge is -2.08. The van der Waals surface area contributed by atoms with Gasteiger partial charge in [0, 0.05) is 16.5 Å². The number of H-pyrrole nitrogens is 2. The summed E-state index contributed by atoms with van der Waals surface area (Å²) >= 11 is 0. The van der Waals surface area contributed by atoms with Crippen molar-refractivity contribution in [3.63, 3.8) is 0 Å². The number of anilines is 1. The summed E-state index contributed by atoms with van der Waals surface area (Å²) in [5.41, 5.74) is 5.26. The van der Waals surface area contributed by atoms with Crippen LogP contribution in [0.4, 0.5) is 5.69 Å². The van der Waals surface area contributed by atoms with Crippen molar-refractivity contribution in [2.75, 3.05) is 5.73 Å². The molecule has 3 aromatic rings. The molecule has 108 valence electrons. The van der Waals surface area contributed by atoms with Crippen molar-refractivity contribution < 1.29 is 8.42 Å². The Hall–Kier alpha value is -2.65. The summed E-state index contributed by atoms with van der Waals surface area (Å²) in [6.45, 7) is 0. The number of sulfonamides is 1. The molecule has 2 aromatic carbocycles. The monoisotopic (exact) mass is 306 g/mol. The molecule has 0 aliphatic carbocycles. The fraction of sp³-hybridized carbons (Fsp3) is 0. The number of nitrogens with two attached hydrogens (primary N) is 2. The highest BCUT2D eigenvalue weighted by Crippen LogP contribution is 2.29. The number of fused-ring (bicyclic) bond motifs is 3. The van der Waals surface area contributed by atoms with E-state index in [0.29, 0.717) is 21.8 Å². The Bertz CT molecular complexity index is 1110. The van der Waals surface area contributed by atoms with Crippen LogP contribution in [-0.4, -0.2) is 18.4 Å². The second-order valence-corrected chi connectivity index (χ2v) is 6.11. The molecule has 6 N–H and O–H groups in total. The first-order valence-electron chi connectivity index (χ1n) is 5.79. The number of rotatable bonds is 1. The molecule has 0 unspecified atom stereocenters. The summed E-state index contributed by atoms with van der Waals surface area (Å²) in [4.78, 5) is 27.5. The molecule has 0 atom stereocenters. The van der Waals surface area contributed by atoms with Gasteiger partial charge in [-0.25, -0.2) is 13.6 Å². The van der Waals surface area contributed by atoms with Gasteiger partial charge in [-0.3, -0.25) is 9.59 Å². The van der Waals surface area contributed by atoms with E-state index in [4.69, 9.17) is 10.9 Å². The zero-order valence-electron chi connectivity index (χ0n) is 10.5. The maximum absolute atomic E-state index is 11.4. The van der Waals surface area contributed by atoms with Gasteiger partial charge >= 0.3 is 11.1 Å². The highest BCUT2D eigenvalue weighted by atomic mass is 32.2. The van der Waals surface area contributed by atoms with Crippen molar-refractivity contribution in [2.24, 2.45) is 5.14 Å². The first-order valence-corrected chi connectivity index (χ1v) is 7.33. The van der Waals surface area contributed by atoms with Crippen LogP contribution in [0.15, 0.2) is 38.8 Å². The molecule has 0 radical (unpaired) electrons. The number of hydrogen-bond donors (Lipinski definition) is 4. The number of hydrogen-bond acceptors (Lipinski definition) is 5. The Kier molecular flexibility index (Phi) is 2.65. The van der Waals surface area contributed by atoms with Crippen LogP contribution in [0.5, 0.6) is 0 Å². The minimum Gasteiger partial charge on any atom is -0.398 e. The van der Waals surface area contributed by atoms with Crippen molar-refractivity contribution in [3.8, 4) is 0 Å². The number of primary sulfonamides is 1. The molecule has 1 aromatic heterocycles. The smallest absolute Gasteiger partial charge is 0.314 e. The van der Waals surface area contributed by atoms with E-state index < -0.39 is 21.1 Å². The number of benzene rings is 2. The lowest BCUT2D eigenvalue weighted by Crippen LogP contribution is -2.29. The molecule has 9 heteroatoms. The zero-order valence-corrected chi connectivity index (χ0v) is 11.3. The summed E-state index contributed by atoms with van der Waals surface area (Å²) in [7, 11) is -3.86. The number of aromatic amines is 2. The van der Waals surface area contributed by atoms with Gasteiger partial charge in [0.25, 0.3) is 0 Å². The van der Waals surface area contributed by atoms with Gasteiger partial charge in [0.05, 0.1) is 15.9 Å². The van der Waals surface area contributed by atoms with Crippen LogP contribution in [0, 0.1) is 0 Å². The third kappa shape index (κ3) is 2.08. The number of aromatic nitrogens is 2. The summed E-state index contributed by atoms with van der Waals surface area (Å²) in [5, 5.41) is 6.00. The van der Waals surface area contributed by atoms with E-state index in [-0.39, 0.29) is 10.6 Å². The quantitative estimate of drug-likeness (QED) is 0.274. The Labute approximate surface area is 117 Å². The van der Waals surface area contributed by atoms with Crippen LogP contribution in [0.1, 0.15) is 0 Å². The molecule has 0 fully saturated rings. The van der Waals surface area contributed by atoms with Crippen molar-refractivity contribution >= 4 is 37.5 Å². The predicted octanol–water partition coefficient (Wildman–Crippen LogP) is -0.401. The molecular formula is C12H10N4O4S. The minimum absolute atomic E-state index is 0.0900. The molecular weight excluding hydrogens is 296 g/mol. The van der Waals surface area contributed by atoms with Crippen LogP contribution in [0.3, 0.4) is 0 Å². The molecule has 1 heterocycles. The highest BCUT2D eigenvalue weighted by molar-refractivity contribution is 7.89. The average Bonchev–Trinajstić information content (AvgIpc) is 2.40. The molecule has 0 aliphatic rings. The average molecular weight is 306 g/mol. The minimum atomic E-state index is -3.86. The van der Waals surface area contributed by atoms with E-state index >= 15 is 0 Å². The van der Waals surface area contributed by atoms with Gasteiger partial charge in [-0.05, 0) is 18.2 Å². The molecule has 0 spiro atoms. The first-order chi connectivity index (χ1) is 9.77. The lowest BCUT2D eigenvalue weighted by molar-refractivity contribution is 0.598. The van der Waals surface area contributed by atoms with Gasteiger partial charge in [-0.15, -0.1) is 0 Å². The van der Waals surface area contributed by atoms with Crippen LogP contribution < -0.4 is 22.0 Å². The van der Waals surface area contributed by atoms with Gasteiger partial charge in [0.2, 0.25) is 10.0 Å². The SMILES string of the molecule is Nc1cc2[nH]c(=O)c(=O)[nH]c2c2ccc(S(N)(=O)=O)cc12. The van der Waals surface area contributed by atoms with Crippen molar-refractivity contribution in [1.29, 1.82) is 0 Å². The van der Waals surface area contributed by atoms with Gasteiger partial charge in [-0.2, -0.15) is 0 Å². The molecule has 0 amide bonds. The maximum Gasteiger partial charge on any atom is 0.314 e. The van der Waals surface area contributed by atoms with Crippen LogP contribution >= 0.6 is 0 Å². The molecule has 3 rings (SSSR count). The summed E-state index contributed by atoms with van der Waals surface area (Å²) in [6.07, 6.45) is 0. The molecule has 0 bridgehead atoms. The highest BCUT2D eigenvalue weighted by Gasteiger charge is 2.12. The van der Waals surface area contributed by atoms with Gasteiger partial charge < -0.3 is 15.7 Å². The largest absolute Gasteiger partial charge is 0.398 e. The van der Waals surface area contributed by atoms with Crippen molar-refractivity contribution in [3.05, 3.63) is 45.0 Å². The van der Waals surface area contributed by atoms with Crippen molar-refractivity contribution in [1.82, 2.24) is 9.97 Å². The maximum atomic E-state index is 11.4. The first kappa shape index (κ1) is 13.3. The van der Waals surface area contributed by atoms with Crippen LogP contribution in [-0.2, 0) is 10.0 Å². The number of nitrogen functional groups attached to an aromatic ring is 1. The Morgan fingerprint density at radius 2 is 1.62 bits per heavy atom. The van der Waals surface area contributed by atoms with Gasteiger partial charge in [0.1, 0.15) is 0 Å². The second kappa shape index (κ2) is 4.17. The second-order valence-electron chi connectivity index (χ2n) is 4.55. The topological polar surface area (TPSA) is 152 Å². The Morgan fingerprint density at radius 3 is 2.29 bits per heavy atom. The molecule has 8 nitrogen and oxygen atoms in total. The van der Waals surface area contributed by atoms with E-state index in [9.17, 15) is 18.0 Å². The Balaban J connectivity index is 2.54. The van der Waals surface area contributed by atoms with E-state index in [1.807, 2.05) is 0 Å². The van der Waals surface area contributed by atoms with Crippen LogP contribution in [0.25, 0.3) is 21.8 Å². The molecule has 0 aliphatic heterocycles. The standard InChI is InChI=1S/C12H10N4O4S/c13-8-4-9-10(16-12(18)11(17)15-9)6-2-1-5(3-7(6)8)21(14,19)20/h1-4H,13H2,(H,15,17)(H,16,18)(H2,14,19,20). The third-order valence-electron chi connectivity index (χ3n) is 3.16. The lowest BCUT2D eigenvalue weighted by atomic mass is 10.1. The third-order valence-corrected chi connectivity index (χ3v) is 4.07. The van der Waals surface area contributed by atoms with E-state index in [0.717, 1.165) is 0 Å². The van der Waals surface area contributed by atoms with Crippen LogP contribution in [0.2, 0.25) is 0 Å². The molecule has 0 saturated carbocycles. The fourth-order valence-corrected chi connectivity index (χ4v) is 2.73. The predicted molar refractivity (Wildman–Crippen MR) is 78.5 cm³/mol. The van der Waals surface area contributed by atoms with E-state index in [2.05, 4.69) is 9.97 Å². The summed E-state index contributed by atoms with van der Waals surface area (Å²) < 4.78 is 22.8. The summed E-state index contributed by atoms with van der Waals surface area (Å²) in [6, 6.07) is 5.55.